The molecule has 0 aliphatic heterocycles. The summed E-state index contributed by atoms with van der Waals surface area (Å²) >= 11 is 2.76. The highest BCUT2D eigenvalue weighted by molar-refractivity contribution is 7.98. The monoisotopic (exact) mass is 433 g/mol. The van der Waals surface area contributed by atoms with Gasteiger partial charge in [0.05, 0.1) is 16.3 Å². The number of aryl methyl sites for hydroxylation is 1. The quantitative estimate of drug-likeness (QED) is 0.519. The Morgan fingerprint density at radius 3 is 2.57 bits per heavy atom. The lowest BCUT2D eigenvalue weighted by Crippen LogP contribution is -2.13. The molecule has 0 saturated heterocycles. The molecule has 2 N–H and O–H groups in total. The Morgan fingerprint density at radius 2 is 1.82 bits per heavy atom. The van der Waals surface area contributed by atoms with Crippen LogP contribution in [-0.4, -0.2) is 25.6 Å². The van der Waals surface area contributed by atoms with E-state index in [2.05, 4.69) is 15.0 Å². The van der Waals surface area contributed by atoms with Crippen LogP contribution in [0.25, 0.3) is 0 Å². The maximum Gasteiger partial charge on any atom is 0.263 e. The molecule has 3 aromatic rings. The van der Waals surface area contributed by atoms with Crippen LogP contribution in [0.2, 0.25) is 0 Å². The summed E-state index contributed by atoms with van der Waals surface area (Å²) in [5.41, 5.74) is 1.46. The van der Waals surface area contributed by atoms with Gasteiger partial charge in [0.1, 0.15) is 0 Å². The number of carbonyl (C=O) groups is 1. The predicted molar refractivity (Wildman–Crippen MR) is 115 cm³/mol. The third-order valence-electron chi connectivity index (χ3n) is 3.82. The molecule has 0 bridgehead atoms. The van der Waals surface area contributed by atoms with Crippen LogP contribution in [0.3, 0.4) is 0 Å². The van der Waals surface area contributed by atoms with Gasteiger partial charge >= 0.3 is 0 Å². The average Bonchev–Trinajstić information content (AvgIpc) is 3.14. The van der Waals surface area contributed by atoms with Gasteiger partial charge in [0, 0.05) is 16.7 Å². The number of para-hydroxylation sites is 1. The van der Waals surface area contributed by atoms with Crippen molar-refractivity contribution in [3.63, 3.8) is 0 Å². The average molecular weight is 434 g/mol. The summed E-state index contributed by atoms with van der Waals surface area (Å²) in [6, 6.07) is 15.7. The van der Waals surface area contributed by atoms with E-state index in [1.165, 1.54) is 23.5 Å². The van der Waals surface area contributed by atoms with Gasteiger partial charge in [-0.25, -0.2) is 13.4 Å². The second-order valence-corrected chi connectivity index (χ2v) is 9.20. The first-order chi connectivity index (χ1) is 13.5. The highest BCUT2D eigenvalue weighted by Gasteiger charge is 2.16. The van der Waals surface area contributed by atoms with Crippen LogP contribution < -0.4 is 10.0 Å². The number of carbonyl (C=O) groups excluding carboxylic acids is 1. The summed E-state index contributed by atoms with van der Waals surface area (Å²) in [6.07, 6.45) is 2.65. The Morgan fingerprint density at radius 1 is 1.11 bits per heavy atom. The Balaban J connectivity index is 1.57. The Kier molecular flexibility index (Phi) is 6.71. The van der Waals surface area contributed by atoms with E-state index in [1.54, 1.807) is 35.3 Å². The van der Waals surface area contributed by atoms with E-state index in [1.807, 2.05) is 30.5 Å². The lowest BCUT2D eigenvalue weighted by molar-refractivity contribution is -0.116. The van der Waals surface area contributed by atoms with Crippen molar-refractivity contribution in [1.82, 2.24) is 4.98 Å². The van der Waals surface area contributed by atoms with E-state index in [9.17, 15) is 13.2 Å². The second kappa shape index (κ2) is 9.22. The van der Waals surface area contributed by atoms with E-state index in [0.717, 1.165) is 10.6 Å². The van der Waals surface area contributed by atoms with Crippen molar-refractivity contribution in [1.29, 1.82) is 0 Å². The first-order valence-electron chi connectivity index (χ1n) is 8.43. The van der Waals surface area contributed by atoms with Gasteiger partial charge in [-0.1, -0.05) is 30.3 Å². The van der Waals surface area contributed by atoms with Crippen molar-refractivity contribution in [3.8, 4) is 0 Å². The highest BCUT2D eigenvalue weighted by atomic mass is 32.2. The summed E-state index contributed by atoms with van der Waals surface area (Å²) in [5.74, 6) is -0.110. The summed E-state index contributed by atoms with van der Waals surface area (Å²) in [5, 5.41) is 4.94. The zero-order valence-electron chi connectivity index (χ0n) is 15.1. The third kappa shape index (κ3) is 5.34. The summed E-state index contributed by atoms with van der Waals surface area (Å²) < 4.78 is 27.1. The minimum atomic E-state index is -3.66. The topological polar surface area (TPSA) is 88.2 Å². The Bertz CT molecular complexity index is 1050. The van der Waals surface area contributed by atoms with Crippen LogP contribution in [0.5, 0.6) is 0 Å². The maximum atomic E-state index is 12.3. The lowest BCUT2D eigenvalue weighted by atomic mass is 10.2. The van der Waals surface area contributed by atoms with Crippen LogP contribution in [0.1, 0.15) is 12.1 Å². The number of hydrogen-bond acceptors (Lipinski definition) is 6. The van der Waals surface area contributed by atoms with E-state index in [-0.39, 0.29) is 22.4 Å². The smallest absolute Gasteiger partial charge is 0.263 e. The Hall–Kier alpha value is -2.36. The molecule has 1 amide bonds. The second-order valence-electron chi connectivity index (χ2n) is 5.81. The minimum absolute atomic E-state index is 0.110. The number of nitrogens with one attached hydrogen (secondary N) is 2. The predicted octanol–water partition coefficient (Wildman–Crippen LogP) is 4.24. The van der Waals surface area contributed by atoms with Gasteiger partial charge in [0.25, 0.3) is 10.0 Å². The molecule has 0 fully saturated rings. The summed E-state index contributed by atoms with van der Waals surface area (Å²) in [4.78, 5) is 17.7. The van der Waals surface area contributed by atoms with Crippen molar-refractivity contribution < 1.29 is 13.2 Å². The van der Waals surface area contributed by atoms with Crippen molar-refractivity contribution >= 4 is 49.8 Å². The number of sulfonamides is 1. The van der Waals surface area contributed by atoms with E-state index < -0.39 is 10.0 Å². The van der Waals surface area contributed by atoms with Gasteiger partial charge in [0.15, 0.2) is 5.13 Å². The molecule has 0 radical (unpaired) electrons. The van der Waals surface area contributed by atoms with Crippen LogP contribution in [-0.2, 0) is 21.2 Å². The number of amides is 1. The zero-order chi connectivity index (χ0) is 20.0. The van der Waals surface area contributed by atoms with Crippen LogP contribution in [0.4, 0.5) is 10.8 Å². The number of thiazole rings is 1. The van der Waals surface area contributed by atoms with Crippen LogP contribution >= 0.6 is 23.1 Å². The molecule has 146 valence electrons. The molecule has 0 spiro atoms. The molecule has 1 aromatic heterocycles. The first-order valence-corrected chi connectivity index (χ1v) is 12.0. The lowest BCUT2D eigenvalue weighted by Gasteiger charge is -2.08. The molecule has 2 aromatic carbocycles. The molecule has 28 heavy (non-hydrogen) atoms. The standard InChI is InChI=1S/C19H19N3O3S3/c1-26-17-10-6-5-9-16(17)21-18(23)12-11-14-13-27-19(20-14)22-28(24,25)15-7-3-2-4-8-15/h2-10,13H,11-12H2,1H3,(H,20,22)(H,21,23). The van der Waals surface area contributed by atoms with E-state index in [0.29, 0.717) is 12.1 Å². The highest BCUT2D eigenvalue weighted by Crippen LogP contribution is 2.25. The fraction of sp³-hybridized carbons (Fsp3) is 0.158. The van der Waals surface area contributed by atoms with Gasteiger partial charge < -0.3 is 5.32 Å². The third-order valence-corrected chi connectivity index (χ3v) is 6.90. The molecule has 1 heterocycles. The van der Waals surface area contributed by atoms with Crippen molar-refractivity contribution in [3.05, 3.63) is 65.7 Å². The van der Waals surface area contributed by atoms with Gasteiger partial charge in [-0.3, -0.25) is 9.52 Å². The number of aromatic nitrogens is 1. The van der Waals surface area contributed by atoms with Crippen LogP contribution in [0.15, 0.2) is 69.8 Å². The summed E-state index contributed by atoms with van der Waals surface area (Å²) in [6.45, 7) is 0. The molecule has 9 heteroatoms. The van der Waals surface area contributed by atoms with Crippen LogP contribution in [0, 0.1) is 0 Å². The fourth-order valence-electron chi connectivity index (χ4n) is 2.44. The molecule has 0 aliphatic carbocycles. The molecule has 0 atom stereocenters. The zero-order valence-corrected chi connectivity index (χ0v) is 17.5. The number of thioether (sulfide) groups is 1. The number of rotatable bonds is 8. The maximum absolute atomic E-state index is 12.3. The molecular formula is C19H19N3O3S3. The molecular weight excluding hydrogens is 414 g/mol. The molecule has 0 aliphatic rings. The fourth-order valence-corrected chi connectivity index (χ4v) is 5.02. The SMILES string of the molecule is CSc1ccccc1NC(=O)CCc1csc(NS(=O)(=O)c2ccccc2)n1. The molecule has 3 rings (SSSR count). The van der Waals surface area contributed by atoms with Crippen molar-refractivity contribution in [2.45, 2.75) is 22.6 Å². The molecule has 0 saturated carbocycles. The molecule has 0 unspecified atom stereocenters. The number of hydrogen-bond donors (Lipinski definition) is 2. The van der Waals surface area contributed by atoms with Gasteiger partial charge in [-0.05, 0) is 36.9 Å². The van der Waals surface area contributed by atoms with Gasteiger partial charge in [-0.15, -0.1) is 23.1 Å². The number of benzene rings is 2. The van der Waals surface area contributed by atoms with Gasteiger partial charge in [0.2, 0.25) is 5.91 Å². The van der Waals surface area contributed by atoms with Crippen molar-refractivity contribution in [2.75, 3.05) is 16.3 Å². The van der Waals surface area contributed by atoms with E-state index in [4.69, 9.17) is 0 Å². The number of nitrogens with zero attached hydrogens (tertiary/aromatic N) is 1. The van der Waals surface area contributed by atoms with E-state index >= 15 is 0 Å². The normalized spacial score (nSPS) is 11.2. The van der Waals surface area contributed by atoms with Crippen molar-refractivity contribution in [2.24, 2.45) is 0 Å². The van der Waals surface area contributed by atoms with Gasteiger partial charge in [-0.2, -0.15) is 0 Å². The minimum Gasteiger partial charge on any atom is -0.325 e. The first kappa shape index (κ1) is 20.4. The molecule has 6 nitrogen and oxygen atoms in total. The number of anilines is 2. The summed E-state index contributed by atoms with van der Waals surface area (Å²) in [7, 11) is -3.66. The largest absolute Gasteiger partial charge is 0.325 e. The Labute approximate surface area is 172 Å².